The van der Waals surface area contributed by atoms with Gasteiger partial charge in [0.1, 0.15) is 0 Å². The number of hydrogen-bond donors (Lipinski definition) is 0. The maximum atomic E-state index is 5.38. The van der Waals surface area contributed by atoms with Crippen LogP contribution in [0.1, 0.15) is 0 Å². The summed E-state index contributed by atoms with van der Waals surface area (Å²) >= 11 is 0. The van der Waals surface area contributed by atoms with Gasteiger partial charge in [-0.2, -0.15) is 0 Å². The predicted molar refractivity (Wildman–Crippen MR) is 101 cm³/mol. The molecule has 0 aliphatic heterocycles. The summed E-state index contributed by atoms with van der Waals surface area (Å²) in [6, 6.07) is 30.2. The highest BCUT2D eigenvalue weighted by molar-refractivity contribution is 7.73. The molecule has 1 atom stereocenters. The molecule has 0 radical (unpaired) electrons. The number of hydrogen-bond acceptors (Lipinski definition) is 1. The molecule has 3 aromatic rings. The van der Waals surface area contributed by atoms with Gasteiger partial charge in [0.25, 0.3) is 0 Å². The first-order chi connectivity index (χ1) is 11.4. The molecule has 0 aromatic heterocycles. The molecule has 3 rings (SSSR count). The number of benzene rings is 3. The Bertz CT molecular complexity index is 725. The van der Waals surface area contributed by atoms with Gasteiger partial charge in [0.15, 0.2) is 0 Å². The zero-order valence-electron chi connectivity index (χ0n) is 13.4. The van der Waals surface area contributed by atoms with Gasteiger partial charge < -0.3 is 4.74 Å². The third-order valence-electron chi connectivity index (χ3n) is 3.87. The van der Waals surface area contributed by atoms with Crippen LogP contribution in [-0.2, 0) is 4.74 Å². The molecule has 0 spiro atoms. The molecule has 0 aliphatic rings. The van der Waals surface area contributed by atoms with Gasteiger partial charge in [-0.3, -0.25) is 0 Å². The number of ether oxygens (including phenoxy) is 1. The Balaban J connectivity index is 2.06. The predicted octanol–water partition coefficient (Wildman–Crippen LogP) is 4.43. The molecule has 0 heterocycles. The summed E-state index contributed by atoms with van der Waals surface area (Å²) < 4.78 is 5.38. The van der Waals surface area contributed by atoms with Crippen molar-refractivity contribution in [1.82, 2.24) is 0 Å². The molecule has 0 saturated heterocycles. The second-order valence-electron chi connectivity index (χ2n) is 5.36. The molecular weight excluding hydrogens is 299 g/mol. The van der Waals surface area contributed by atoms with Crippen LogP contribution in [0.25, 0.3) is 11.1 Å². The Morgan fingerprint density at radius 3 is 2.04 bits per heavy atom. The van der Waals surface area contributed by atoms with Gasteiger partial charge in [0.2, 0.25) is 0 Å². The summed E-state index contributed by atoms with van der Waals surface area (Å²) in [5, 5.41) is 2.83. The van der Waals surface area contributed by atoms with Crippen LogP contribution >= 0.6 is 7.92 Å². The Morgan fingerprint density at radius 1 is 0.739 bits per heavy atom. The van der Waals surface area contributed by atoms with Crippen molar-refractivity contribution < 1.29 is 4.74 Å². The SMILES string of the molecule is COCCP(c1ccccc1)c1ccccc1-c1ccccc1. The summed E-state index contributed by atoms with van der Waals surface area (Å²) in [7, 11) is 1.35. The van der Waals surface area contributed by atoms with Crippen molar-refractivity contribution in [3.8, 4) is 11.1 Å². The lowest BCUT2D eigenvalue weighted by Gasteiger charge is -2.21. The average molecular weight is 320 g/mol. The number of rotatable bonds is 6. The fourth-order valence-corrected chi connectivity index (χ4v) is 5.18. The maximum Gasteiger partial charge on any atom is 0.0507 e. The van der Waals surface area contributed by atoms with Crippen LogP contribution in [0.2, 0.25) is 0 Å². The van der Waals surface area contributed by atoms with Crippen LogP contribution < -0.4 is 10.6 Å². The zero-order valence-corrected chi connectivity index (χ0v) is 14.2. The van der Waals surface area contributed by atoms with E-state index >= 15 is 0 Å². The molecule has 0 N–H and O–H groups in total. The second kappa shape index (κ2) is 8.06. The van der Waals surface area contributed by atoms with Gasteiger partial charge in [0, 0.05) is 7.11 Å². The summed E-state index contributed by atoms with van der Waals surface area (Å²) in [4.78, 5) is 0. The molecular formula is C21H21OP. The van der Waals surface area contributed by atoms with Gasteiger partial charge in [-0.05, 0) is 35.8 Å². The first-order valence-electron chi connectivity index (χ1n) is 7.86. The standard InChI is InChI=1S/C21H21OP/c1-22-16-17-23(19-12-6-3-7-13-19)21-15-9-8-14-20(21)18-10-4-2-5-11-18/h2-15H,16-17H2,1H3. The molecule has 1 unspecified atom stereocenters. The first kappa shape index (κ1) is 15.9. The van der Waals surface area contributed by atoms with Crippen LogP contribution in [0.5, 0.6) is 0 Å². The fourth-order valence-electron chi connectivity index (χ4n) is 2.75. The molecule has 2 heteroatoms. The molecule has 0 bridgehead atoms. The fraction of sp³-hybridized carbons (Fsp3) is 0.143. The Hall–Kier alpha value is -1.95. The Morgan fingerprint density at radius 2 is 1.35 bits per heavy atom. The molecule has 3 aromatic carbocycles. The minimum atomic E-state index is -0.426. The minimum Gasteiger partial charge on any atom is -0.384 e. The second-order valence-corrected chi connectivity index (χ2v) is 7.66. The Kier molecular flexibility index (Phi) is 5.58. The molecule has 1 nitrogen and oxygen atoms in total. The molecule has 0 aliphatic carbocycles. The summed E-state index contributed by atoms with van der Waals surface area (Å²) in [6.07, 6.45) is 1.04. The first-order valence-corrected chi connectivity index (χ1v) is 9.39. The van der Waals surface area contributed by atoms with E-state index in [1.54, 1.807) is 7.11 Å². The quantitative estimate of drug-likeness (QED) is 0.610. The van der Waals surface area contributed by atoms with Crippen molar-refractivity contribution in [2.45, 2.75) is 0 Å². The van der Waals surface area contributed by atoms with Gasteiger partial charge in [0.05, 0.1) is 6.61 Å². The van der Waals surface area contributed by atoms with Crippen molar-refractivity contribution in [3.63, 3.8) is 0 Å². The van der Waals surface area contributed by atoms with E-state index in [4.69, 9.17) is 4.74 Å². The molecule has 0 amide bonds. The lowest BCUT2D eigenvalue weighted by atomic mass is 10.1. The van der Waals surface area contributed by atoms with E-state index in [1.165, 1.54) is 21.7 Å². The third-order valence-corrected chi connectivity index (χ3v) is 6.39. The summed E-state index contributed by atoms with van der Waals surface area (Å²) in [5.74, 6) is 0. The van der Waals surface area contributed by atoms with Crippen LogP contribution in [0.3, 0.4) is 0 Å². The number of methoxy groups -OCH3 is 1. The van der Waals surface area contributed by atoms with Gasteiger partial charge in [-0.15, -0.1) is 0 Å². The molecule has 0 saturated carbocycles. The molecule has 116 valence electrons. The largest absolute Gasteiger partial charge is 0.384 e. The van der Waals surface area contributed by atoms with Gasteiger partial charge in [-0.25, -0.2) is 0 Å². The van der Waals surface area contributed by atoms with Crippen molar-refractivity contribution in [1.29, 1.82) is 0 Å². The van der Waals surface area contributed by atoms with Crippen LogP contribution in [0.15, 0.2) is 84.9 Å². The highest BCUT2D eigenvalue weighted by Crippen LogP contribution is 2.37. The topological polar surface area (TPSA) is 9.23 Å². The van der Waals surface area contributed by atoms with E-state index in [-0.39, 0.29) is 0 Å². The molecule has 23 heavy (non-hydrogen) atoms. The van der Waals surface area contributed by atoms with Crippen molar-refractivity contribution >= 4 is 18.5 Å². The normalized spacial score (nSPS) is 12.0. The monoisotopic (exact) mass is 320 g/mol. The lowest BCUT2D eigenvalue weighted by molar-refractivity contribution is 0.218. The summed E-state index contributed by atoms with van der Waals surface area (Å²) in [5.41, 5.74) is 2.61. The van der Waals surface area contributed by atoms with E-state index in [0.717, 1.165) is 12.8 Å². The zero-order chi connectivity index (χ0) is 15.9. The van der Waals surface area contributed by atoms with E-state index in [9.17, 15) is 0 Å². The lowest BCUT2D eigenvalue weighted by Crippen LogP contribution is -2.18. The maximum absolute atomic E-state index is 5.38. The van der Waals surface area contributed by atoms with Crippen molar-refractivity contribution in [2.24, 2.45) is 0 Å². The van der Waals surface area contributed by atoms with E-state index in [2.05, 4.69) is 84.9 Å². The van der Waals surface area contributed by atoms with Gasteiger partial charge in [-0.1, -0.05) is 84.9 Å². The third kappa shape index (κ3) is 3.88. The van der Waals surface area contributed by atoms with Crippen LogP contribution in [-0.4, -0.2) is 19.9 Å². The average Bonchev–Trinajstić information content (AvgIpc) is 2.64. The summed E-state index contributed by atoms with van der Waals surface area (Å²) in [6.45, 7) is 0.781. The van der Waals surface area contributed by atoms with Crippen LogP contribution in [0.4, 0.5) is 0 Å². The smallest absolute Gasteiger partial charge is 0.0507 e. The minimum absolute atomic E-state index is 0.426. The van der Waals surface area contributed by atoms with Gasteiger partial charge >= 0.3 is 0 Å². The van der Waals surface area contributed by atoms with Crippen LogP contribution in [0, 0.1) is 0 Å². The van der Waals surface area contributed by atoms with Crippen molar-refractivity contribution in [3.05, 3.63) is 84.9 Å². The van der Waals surface area contributed by atoms with E-state index in [0.29, 0.717) is 0 Å². The van der Waals surface area contributed by atoms with E-state index < -0.39 is 7.92 Å². The highest BCUT2D eigenvalue weighted by Gasteiger charge is 2.17. The molecule has 0 fully saturated rings. The highest BCUT2D eigenvalue weighted by atomic mass is 31.1. The van der Waals surface area contributed by atoms with E-state index in [1.807, 2.05) is 0 Å². The van der Waals surface area contributed by atoms with Crippen molar-refractivity contribution in [2.75, 3.05) is 19.9 Å². The Labute approximate surface area is 139 Å².